The molecule has 0 aromatic rings. The number of hydrogen-bond donors (Lipinski definition) is 2. The van der Waals surface area contributed by atoms with Crippen molar-refractivity contribution in [2.75, 3.05) is 13.1 Å². The van der Waals surface area contributed by atoms with Gasteiger partial charge in [0.2, 0.25) is 0 Å². The van der Waals surface area contributed by atoms with E-state index < -0.39 is 0 Å². The van der Waals surface area contributed by atoms with Gasteiger partial charge in [-0.05, 0) is 37.1 Å². The molecular weight excluding hydrogens is 172 g/mol. The molecule has 0 saturated heterocycles. The van der Waals surface area contributed by atoms with Crippen molar-refractivity contribution in [2.24, 2.45) is 17.1 Å². The molecule has 2 atom stereocenters. The van der Waals surface area contributed by atoms with E-state index in [9.17, 15) is 0 Å². The minimum atomic E-state index is 0.432. The Hall–Kier alpha value is -0.0800. The van der Waals surface area contributed by atoms with E-state index in [1.54, 1.807) is 0 Å². The largest absolute Gasteiger partial charge is 0.330 e. The maximum atomic E-state index is 5.76. The first-order valence-electron chi connectivity index (χ1n) is 6.02. The van der Waals surface area contributed by atoms with Crippen molar-refractivity contribution in [3.63, 3.8) is 0 Å². The molecule has 1 aliphatic carbocycles. The third-order valence-corrected chi connectivity index (χ3v) is 3.76. The van der Waals surface area contributed by atoms with Crippen LogP contribution in [0.1, 0.15) is 46.5 Å². The molecular formula is C12H26N2. The summed E-state index contributed by atoms with van der Waals surface area (Å²) in [6.45, 7) is 8.89. The molecule has 0 amide bonds. The zero-order valence-electron chi connectivity index (χ0n) is 9.97. The molecule has 1 rings (SSSR count). The van der Waals surface area contributed by atoms with Gasteiger partial charge in [0, 0.05) is 12.6 Å². The molecule has 84 valence electrons. The van der Waals surface area contributed by atoms with Gasteiger partial charge in [-0.3, -0.25) is 0 Å². The molecule has 2 nitrogen and oxygen atoms in total. The van der Waals surface area contributed by atoms with E-state index in [0.717, 1.165) is 19.0 Å². The van der Waals surface area contributed by atoms with Gasteiger partial charge < -0.3 is 11.1 Å². The van der Waals surface area contributed by atoms with E-state index >= 15 is 0 Å². The highest BCUT2D eigenvalue weighted by molar-refractivity contribution is 4.85. The van der Waals surface area contributed by atoms with Gasteiger partial charge >= 0.3 is 0 Å². The number of rotatable bonds is 5. The second-order valence-corrected chi connectivity index (χ2v) is 5.43. The van der Waals surface area contributed by atoms with Crippen LogP contribution in [0, 0.1) is 11.3 Å². The summed E-state index contributed by atoms with van der Waals surface area (Å²) in [5, 5.41) is 3.69. The zero-order chi connectivity index (χ0) is 10.6. The van der Waals surface area contributed by atoms with Gasteiger partial charge in [-0.1, -0.05) is 27.2 Å². The summed E-state index contributed by atoms with van der Waals surface area (Å²) in [6, 6.07) is 0.686. The monoisotopic (exact) mass is 198 g/mol. The predicted molar refractivity (Wildman–Crippen MR) is 62.3 cm³/mol. The summed E-state index contributed by atoms with van der Waals surface area (Å²) in [4.78, 5) is 0. The second kappa shape index (κ2) is 5.13. The fraction of sp³-hybridized carbons (Fsp3) is 1.00. The summed E-state index contributed by atoms with van der Waals surface area (Å²) in [6.07, 6.45) is 5.23. The van der Waals surface area contributed by atoms with Crippen molar-refractivity contribution in [3.8, 4) is 0 Å². The Kier molecular flexibility index (Phi) is 4.39. The van der Waals surface area contributed by atoms with Crippen molar-refractivity contribution < 1.29 is 0 Å². The molecule has 0 aromatic heterocycles. The van der Waals surface area contributed by atoms with Crippen LogP contribution < -0.4 is 11.1 Å². The van der Waals surface area contributed by atoms with Gasteiger partial charge in [-0.25, -0.2) is 0 Å². The minimum Gasteiger partial charge on any atom is -0.330 e. The van der Waals surface area contributed by atoms with E-state index in [1.165, 1.54) is 25.7 Å². The van der Waals surface area contributed by atoms with Crippen LogP contribution in [0.25, 0.3) is 0 Å². The lowest BCUT2D eigenvalue weighted by Gasteiger charge is -2.27. The molecule has 0 bridgehead atoms. The average molecular weight is 198 g/mol. The van der Waals surface area contributed by atoms with Crippen molar-refractivity contribution in [3.05, 3.63) is 0 Å². The highest BCUT2D eigenvalue weighted by Crippen LogP contribution is 2.26. The molecule has 1 fully saturated rings. The van der Waals surface area contributed by atoms with E-state index in [1.807, 2.05) is 0 Å². The molecule has 0 aliphatic heterocycles. The standard InChI is InChI=1S/C12H26N2/c1-4-12(2,3)9-14-11-7-5-6-10(11)8-13/h10-11,14H,4-9,13H2,1-3H3. The molecule has 0 heterocycles. The maximum absolute atomic E-state index is 5.76. The highest BCUT2D eigenvalue weighted by atomic mass is 14.9. The molecule has 2 unspecified atom stereocenters. The van der Waals surface area contributed by atoms with E-state index in [2.05, 4.69) is 26.1 Å². The van der Waals surface area contributed by atoms with E-state index in [4.69, 9.17) is 5.73 Å². The van der Waals surface area contributed by atoms with Gasteiger partial charge in [0.05, 0.1) is 0 Å². The van der Waals surface area contributed by atoms with Crippen molar-refractivity contribution >= 4 is 0 Å². The number of hydrogen-bond acceptors (Lipinski definition) is 2. The molecule has 0 radical (unpaired) electrons. The Morgan fingerprint density at radius 2 is 2.07 bits per heavy atom. The lowest BCUT2D eigenvalue weighted by Crippen LogP contribution is -2.40. The molecule has 0 spiro atoms. The van der Waals surface area contributed by atoms with Gasteiger partial charge in [-0.15, -0.1) is 0 Å². The summed E-state index contributed by atoms with van der Waals surface area (Å²) >= 11 is 0. The van der Waals surface area contributed by atoms with E-state index in [0.29, 0.717) is 11.5 Å². The summed E-state index contributed by atoms with van der Waals surface area (Å²) in [5.41, 5.74) is 6.19. The van der Waals surface area contributed by atoms with Crippen LogP contribution in [-0.2, 0) is 0 Å². The molecule has 14 heavy (non-hydrogen) atoms. The molecule has 1 saturated carbocycles. The lowest BCUT2D eigenvalue weighted by molar-refractivity contribution is 0.288. The SMILES string of the molecule is CCC(C)(C)CNC1CCCC1CN. The molecule has 1 aliphatic rings. The van der Waals surface area contributed by atoms with Crippen molar-refractivity contribution in [1.29, 1.82) is 0 Å². The maximum Gasteiger partial charge on any atom is 0.0108 e. The smallest absolute Gasteiger partial charge is 0.0108 e. The third kappa shape index (κ3) is 3.25. The fourth-order valence-corrected chi connectivity index (χ4v) is 2.12. The van der Waals surface area contributed by atoms with Crippen molar-refractivity contribution in [2.45, 2.75) is 52.5 Å². The third-order valence-electron chi connectivity index (χ3n) is 3.76. The van der Waals surface area contributed by atoms with Gasteiger partial charge in [0.1, 0.15) is 0 Å². The fourth-order valence-electron chi connectivity index (χ4n) is 2.12. The Morgan fingerprint density at radius 1 is 1.36 bits per heavy atom. The van der Waals surface area contributed by atoms with E-state index in [-0.39, 0.29) is 0 Å². The molecule has 2 heteroatoms. The Morgan fingerprint density at radius 3 is 2.64 bits per heavy atom. The minimum absolute atomic E-state index is 0.432. The van der Waals surface area contributed by atoms with Crippen LogP contribution in [-0.4, -0.2) is 19.1 Å². The first kappa shape index (κ1) is 12.0. The predicted octanol–water partition coefficient (Wildman–Crippen LogP) is 2.14. The van der Waals surface area contributed by atoms with Crippen LogP contribution in [0.4, 0.5) is 0 Å². The lowest BCUT2D eigenvalue weighted by atomic mass is 9.89. The summed E-state index contributed by atoms with van der Waals surface area (Å²) < 4.78 is 0. The summed E-state index contributed by atoms with van der Waals surface area (Å²) in [7, 11) is 0. The quantitative estimate of drug-likeness (QED) is 0.710. The van der Waals surface area contributed by atoms with Gasteiger partial charge in [0.25, 0.3) is 0 Å². The number of nitrogens with one attached hydrogen (secondary N) is 1. The van der Waals surface area contributed by atoms with Crippen molar-refractivity contribution in [1.82, 2.24) is 5.32 Å². The average Bonchev–Trinajstić information content (AvgIpc) is 2.62. The van der Waals surface area contributed by atoms with Gasteiger partial charge in [-0.2, -0.15) is 0 Å². The van der Waals surface area contributed by atoms with Crippen LogP contribution >= 0.6 is 0 Å². The molecule has 3 N–H and O–H groups in total. The molecule has 0 aromatic carbocycles. The topological polar surface area (TPSA) is 38.0 Å². The first-order valence-corrected chi connectivity index (χ1v) is 6.02. The Balaban J connectivity index is 2.30. The summed E-state index contributed by atoms with van der Waals surface area (Å²) in [5.74, 6) is 0.725. The van der Waals surface area contributed by atoms with Crippen LogP contribution in [0.5, 0.6) is 0 Å². The highest BCUT2D eigenvalue weighted by Gasteiger charge is 2.27. The Labute approximate surface area is 88.6 Å². The first-order chi connectivity index (χ1) is 6.59. The normalized spacial score (nSPS) is 28.3. The van der Waals surface area contributed by atoms with Gasteiger partial charge in [0.15, 0.2) is 0 Å². The number of nitrogens with two attached hydrogens (primary N) is 1. The van der Waals surface area contributed by atoms with Crippen LogP contribution in [0.15, 0.2) is 0 Å². The van der Waals surface area contributed by atoms with Crippen LogP contribution in [0.3, 0.4) is 0 Å². The Bertz CT molecular complexity index is 166. The zero-order valence-corrected chi connectivity index (χ0v) is 9.97. The van der Waals surface area contributed by atoms with Crippen LogP contribution in [0.2, 0.25) is 0 Å². The second-order valence-electron chi connectivity index (χ2n) is 5.43.